The molecule has 2 aromatic rings. The van der Waals surface area contributed by atoms with Gasteiger partial charge in [0.15, 0.2) is 11.0 Å². The van der Waals surface area contributed by atoms with E-state index in [1.807, 2.05) is 0 Å². The van der Waals surface area contributed by atoms with Crippen LogP contribution in [0.4, 0.5) is 10.2 Å². The lowest BCUT2D eigenvalue weighted by atomic mass is 10.1. The summed E-state index contributed by atoms with van der Waals surface area (Å²) in [6.45, 7) is 2.02. The van der Waals surface area contributed by atoms with Gasteiger partial charge in [-0.3, -0.25) is 4.68 Å². The van der Waals surface area contributed by atoms with Crippen molar-refractivity contribution in [1.82, 2.24) is 20.1 Å². The van der Waals surface area contributed by atoms with E-state index in [9.17, 15) is 4.39 Å². The minimum absolute atomic E-state index is 0.161. The highest BCUT2D eigenvalue weighted by Gasteiger charge is 2.56. The molecule has 3 fully saturated rings. The molecule has 0 radical (unpaired) electrons. The van der Waals surface area contributed by atoms with Crippen molar-refractivity contribution < 1.29 is 4.39 Å². The van der Waals surface area contributed by atoms with Gasteiger partial charge in [0, 0.05) is 5.92 Å². The van der Waals surface area contributed by atoms with Crippen LogP contribution < -0.4 is 11.1 Å². The lowest BCUT2D eigenvalue weighted by Crippen LogP contribution is -2.14. The van der Waals surface area contributed by atoms with E-state index >= 15 is 0 Å². The Labute approximate surface area is 125 Å². The van der Waals surface area contributed by atoms with Crippen LogP contribution in [0.1, 0.15) is 30.5 Å². The molecule has 0 bridgehead atoms. The first kappa shape index (κ1) is 12.2. The molecule has 110 valence electrons. The van der Waals surface area contributed by atoms with Gasteiger partial charge in [0.1, 0.15) is 11.3 Å². The van der Waals surface area contributed by atoms with Gasteiger partial charge in [0.25, 0.3) is 0 Å². The molecule has 1 unspecified atom stereocenters. The Morgan fingerprint density at radius 3 is 2.67 bits per heavy atom. The zero-order valence-corrected chi connectivity index (χ0v) is 12.1. The average molecular weight is 308 g/mol. The van der Waals surface area contributed by atoms with Crippen molar-refractivity contribution in [3.63, 3.8) is 0 Å². The molecule has 3 atom stereocenters. The number of nitrogens with zero attached hydrogens (tertiary/aromatic N) is 3. The fraction of sp³-hybridized carbons (Fsp3) is 0.571. The average Bonchev–Trinajstić information content (AvgIpc) is 3.34. The number of aromatic nitrogens is 3. The van der Waals surface area contributed by atoms with Crippen molar-refractivity contribution >= 4 is 28.3 Å². The lowest BCUT2D eigenvalue weighted by Gasteiger charge is -2.04. The fourth-order valence-electron chi connectivity index (χ4n) is 3.86. The van der Waals surface area contributed by atoms with E-state index < -0.39 is 5.82 Å². The highest BCUT2D eigenvalue weighted by atomic mass is 35.5. The standard InChI is InChI=1S/C14H15ClFN5/c15-13-10(16)12-9(14(17)19-13)11(20-21(12)5-1-2-5)8-6-3-18-4-7(6)8/h5-8,18H,1-4H2,(H2,17,19)/t6-,7+,8?. The molecule has 0 aromatic carbocycles. The number of halogens is 2. The molecule has 2 aromatic heterocycles. The second kappa shape index (κ2) is 3.87. The molecule has 21 heavy (non-hydrogen) atoms. The van der Waals surface area contributed by atoms with E-state index in [1.165, 1.54) is 0 Å². The molecule has 0 spiro atoms. The number of anilines is 1. The van der Waals surface area contributed by atoms with Crippen LogP contribution in [0, 0.1) is 17.7 Å². The second-order valence-electron chi connectivity index (χ2n) is 6.40. The van der Waals surface area contributed by atoms with Gasteiger partial charge in [-0.05, 0) is 37.8 Å². The second-order valence-corrected chi connectivity index (χ2v) is 6.76. The number of hydrogen-bond donors (Lipinski definition) is 2. The number of rotatable bonds is 2. The minimum Gasteiger partial charge on any atom is -0.383 e. The molecule has 1 saturated heterocycles. The van der Waals surface area contributed by atoms with Crippen LogP contribution in [-0.2, 0) is 0 Å². The predicted octanol–water partition coefficient (Wildman–Crippen LogP) is 2.07. The largest absolute Gasteiger partial charge is 0.383 e. The molecule has 5 rings (SSSR count). The molecular formula is C14H15ClFN5. The Hall–Kier alpha value is -1.40. The first-order valence-corrected chi connectivity index (χ1v) is 7.78. The van der Waals surface area contributed by atoms with E-state index in [4.69, 9.17) is 22.4 Å². The summed E-state index contributed by atoms with van der Waals surface area (Å²) < 4.78 is 16.3. The van der Waals surface area contributed by atoms with Crippen LogP contribution >= 0.6 is 11.6 Å². The molecule has 0 amide bonds. The van der Waals surface area contributed by atoms with Gasteiger partial charge < -0.3 is 11.1 Å². The quantitative estimate of drug-likeness (QED) is 0.834. The number of pyridine rings is 1. The Balaban J connectivity index is 1.77. The van der Waals surface area contributed by atoms with Crippen molar-refractivity contribution in [3.05, 3.63) is 16.7 Å². The van der Waals surface area contributed by atoms with Gasteiger partial charge in [-0.15, -0.1) is 0 Å². The Morgan fingerprint density at radius 2 is 2.00 bits per heavy atom. The van der Waals surface area contributed by atoms with Crippen molar-refractivity contribution in [2.24, 2.45) is 11.8 Å². The number of nitrogen functional groups attached to an aromatic ring is 1. The summed E-state index contributed by atoms with van der Waals surface area (Å²) in [5.74, 6) is 1.41. The molecule has 1 aliphatic heterocycles. The van der Waals surface area contributed by atoms with E-state index in [0.29, 0.717) is 34.5 Å². The molecule has 2 aliphatic carbocycles. The van der Waals surface area contributed by atoms with Gasteiger partial charge in [-0.2, -0.15) is 5.10 Å². The Morgan fingerprint density at radius 1 is 1.29 bits per heavy atom. The minimum atomic E-state index is -0.490. The summed E-state index contributed by atoms with van der Waals surface area (Å²) in [4.78, 5) is 3.96. The van der Waals surface area contributed by atoms with Crippen molar-refractivity contribution in [2.45, 2.75) is 24.8 Å². The number of piperidine rings is 1. The number of fused-ring (bicyclic) bond motifs is 2. The molecule has 5 nitrogen and oxygen atoms in total. The van der Waals surface area contributed by atoms with E-state index in [0.717, 1.165) is 31.6 Å². The maximum atomic E-state index is 14.5. The normalized spacial score (nSPS) is 30.9. The maximum Gasteiger partial charge on any atom is 0.186 e. The van der Waals surface area contributed by atoms with Crippen LogP contribution in [0.5, 0.6) is 0 Å². The third kappa shape index (κ3) is 1.54. The van der Waals surface area contributed by atoms with Crippen molar-refractivity contribution in [2.75, 3.05) is 18.8 Å². The Bertz CT molecular complexity index is 759. The van der Waals surface area contributed by atoms with Gasteiger partial charge >= 0.3 is 0 Å². The van der Waals surface area contributed by atoms with Crippen LogP contribution in [-0.4, -0.2) is 27.9 Å². The summed E-state index contributed by atoms with van der Waals surface area (Å²) in [5.41, 5.74) is 7.42. The highest BCUT2D eigenvalue weighted by molar-refractivity contribution is 6.30. The third-order valence-corrected chi connectivity index (χ3v) is 5.35. The first-order valence-electron chi connectivity index (χ1n) is 7.40. The van der Waals surface area contributed by atoms with E-state index in [2.05, 4.69) is 10.3 Å². The molecular weight excluding hydrogens is 293 g/mol. The molecule has 3 aliphatic rings. The highest BCUT2D eigenvalue weighted by Crippen LogP contribution is 2.57. The fourth-order valence-corrected chi connectivity index (χ4v) is 4.04. The summed E-state index contributed by atoms with van der Waals surface area (Å²) in [7, 11) is 0. The Kier molecular flexibility index (Phi) is 2.24. The van der Waals surface area contributed by atoms with Crippen molar-refractivity contribution in [1.29, 1.82) is 0 Å². The molecule has 3 heterocycles. The van der Waals surface area contributed by atoms with Crippen LogP contribution in [0.2, 0.25) is 5.15 Å². The monoisotopic (exact) mass is 307 g/mol. The third-order valence-electron chi connectivity index (χ3n) is 5.10. The summed E-state index contributed by atoms with van der Waals surface area (Å²) in [5, 5.41) is 8.62. The van der Waals surface area contributed by atoms with Gasteiger partial charge in [-0.25, -0.2) is 9.37 Å². The van der Waals surface area contributed by atoms with Gasteiger partial charge in [0.05, 0.1) is 17.1 Å². The number of nitrogens with one attached hydrogen (secondary N) is 1. The van der Waals surface area contributed by atoms with Crippen LogP contribution in [0.3, 0.4) is 0 Å². The topological polar surface area (TPSA) is 68.8 Å². The summed E-state index contributed by atoms with van der Waals surface area (Å²) in [6.07, 6.45) is 2.07. The van der Waals surface area contributed by atoms with E-state index in [-0.39, 0.29) is 11.2 Å². The number of nitrogens with two attached hydrogens (primary N) is 1. The SMILES string of the molecule is Nc1nc(Cl)c(F)c2c1c(C1[C@H]3CNC[C@@H]13)nn2C1CC1. The van der Waals surface area contributed by atoms with Crippen LogP contribution in [0.15, 0.2) is 0 Å². The first-order chi connectivity index (χ1) is 10.2. The van der Waals surface area contributed by atoms with E-state index in [1.54, 1.807) is 4.68 Å². The van der Waals surface area contributed by atoms with Crippen molar-refractivity contribution in [3.8, 4) is 0 Å². The lowest BCUT2D eigenvalue weighted by molar-refractivity contribution is 0.592. The predicted molar refractivity (Wildman–Crippen MR) is 77.8 cm³/mol. The summed E-state index contributed by atoms with van der Waals surface area (Å²) >= 11 is 5.87. The van der Waals surface area contributed by atoms with Gasteiger partial charge in [0.2, 0.25) is 0 Å². The maximum absolute atomic E-state index is 14.5. The molecule has 7 heteroatoms. The zero-order chi connectivity index (χ0) is 14.3. The summed E-state index contributed by atoms with van der Waals surface area (Å²) in [6, 6.07) is 0.283. The smallest absolute Gasteiger partial charge is 0.186 e. The zero-order valence-electron chi connectivity index (χ0n) is 11.3. The van der Waals surface area contributed by atoms with Gasteiger partial charge in [-0.1, -0.05) is 11.6 Å². The number of hydrogen-bond acceptors (Lipinski definition) is 4. The molecule has 3 N–H and O–H groups in total. The molecule has 2 saturated carbocycles. The van der Waals surface area contributed by atoms with Crippen LogP contribution in [0.25, 0.3) is 10.9 Å².